The molecule has 0 bridgehead atoms. The Kier molecular flexibility index (Phi) is 4.31. The summed E-state index contributed by atoms with van der Waals surface area (Å²) in [6.45, 7) is 2.80. The zero-order valence-electron chi connectivity index (χ0n) is 14.1. The molecule has 6 heteroatoms. The third kappa shape index (κ3) is 3.07. The molecule has 4 rings (SSSR count). The number of rotatable bonds is 2. The number of carbonyl (C=O) groups excluding carboxylic acids is 1. The van der Waals surface area contributed by atoms with Crippen molar-refractivity contribution in [3.8, 4) is 0 Å². The smallest absolute Gasteiger partial charge is 0.254 e. The van der Waals surface area contributed by atoms with Gasteiger partial charge in [-0.05, 0) is 25.3 Å². The maximum atomic E-state index is 13.0. The van der Waals surface area contributed by atoms with E-state index in [0.717, 1.165) is 37.7 Å². The number of amides is 1. The minimum Gasteiger partial charge on any atom is -0.391 e. The van der Waals surface area contributed by atoms with E-state index in [0.29, 0.717) is 24.2 Å². The first-order valence-electron chi connectivity index (χ1n) is 8.97. The number of para-hydroxylation sites is 1. The van der Waals surface area contributed by atoms with E-state index in [1.54, 1.807) is 0 Å². The molecule has 1 aliphatic heterocycles. The summed E-state index contributed by atoms with van der Waals surface area (Å²) in [6.07, 6.45) is 2.75. The van der Waals surface area contributed by atoms with Gasteiger partial charge in [-0.3, -0.25) is 14.5 Å². The first kappa shape index (κ1) is 16.3. The van der Waals surface area contributed by atoms with Crippen molar-refractivity contribution in [2.24, 2.45) is 0 Å². The lowest BCUT2D eigenvalue weighted by molar-refractivity contribution is 0.0316. The lowest BCUT2D eigenvalue weighted by Crippen LogP contribution is -2.53. The zero-order chi connectivity index (χ0) is 17.4. The van der Waals surface area contributed by atoms with Gasteiger partial charge in [0.15, 0.2) is 0 Å². The monoisotopic (exact) mass is 341 g/mol. The van der Waals surface area contributed by atoms with Crippen molar-refractivity contribution >= 4 is 16.8 Å². The molecule has 25 heavy (non-hydrogen) atoms. The summed E-state index contributed by atoms with van der Waals surface area (Å²) in [5.74, 6) is -0.0890. The van der Waals surface area contributed by atoms with Crippen LogP contribution in [0.25, 0.3) is 10.9 Å². The molecular formula is C19H23N3O3. The van der Waals surface area contributed by atoms with Crippen LogP contribution in [0.2, 0.25) is 0 Å². The number of hydrogen-bond donors (Lipinski definition) is 2. The number of aromatic nitrogens is 1. The van der Waals surface area contributed by atoms with E-state index < -0.39 is 0 Å². The van der Waals surface area contributed by atoms with Gasteiger partial charge in [-0.25, -0.2) is 0 Å². The lowest BCUT2D eigenvalue weighted by Gasteiger charge is -2.39. The number of aliphatic hydroxyl groups is 1. The average molecular weight is 341 g/mol. The number of benzene rings is 1. The predicted molar refractivity (Wildman–Crippen MR) is 95.7 cm³/mol. The first-order chi connectivity index (χ1) is 12.1. The fraction of sp³-hybridized carbons (Fsp3) is 0.474. The second-order valence-corrected chi connectivity index (χ2v) is 6.99. The number of H-pyrrole nitrogens is 1. The van der Waals surface area contributed by atoms with E-state index in [1.165, 1.54) is 6.07 Å². The fourth-order valence-corrected chi connectivity index (χ4v) is 4.16. The Morgan fingerprint density at radius 1 is 1.12 bits per heavy atom. The highest BCUT2D eigenvalue weighted by atomic mass is 16.3. The molecule has 2 aliphatic rings. The summed E-state index contributed by atoms with van der Waals surface area (Å²) < 4.78 is 0. The molecule has 1 aromatic heterocycles. The van der Waals surface area contributed by atoms with Gasteiger partial charge in [-0.15, -0.1) is 0 Å². The van der Waals surface area contributed by atoms with Crippen LogP contribution in [0, 0.1) is 0 Å². The number of pyridine rings is 1. The number of nitrogens with zero attached hydrogens (tertiary/aromatic N) is 2. The molecule has 1 amide bonds. The summed E-state index contributed by atoms with van der Waals surface area (Å²) in [7, 11) is 0. The number of fused-ring (bicyclic) bond motifs is 1. The Morgan fingerprint density at radius 2 is 1.88 bits per heavy atom. The van der Waals surface area contributed by atoms with Gasteiger partial charge in [0, 0.05) is 49.2 Å². The molecule has 2 N–H and O–H groups in total. The molecule has 132 valence electrons. The van der Waals surface area contributed by atoms with Gasteiger partial charge in [0.05, 0.1) is 11.7 Å². The number of aliphatic hydroxyl groups excluding tert-OH is 1. The van der Waals surface area contributed by atoms with Crippen molar-refractivity contribution in [1.82, 2.24) is 14.8 Å². The van der Waals surface area contributed by atoms with Gasteiger partial charge in [0.1, 0.15) is 0 Å². The summed E-state index contributed by atoms with van der Waals surface area (Å²) in [4.78, 5) is 31.8. The largest absolute Gasteiger partial charge is 0.391 e. The second-order valence-electron chi connectivity index (χ2n) is 6.99. The molecule has 1 saturated carbocycles. The number of aromatic amines is 1. The van der Waals surface area contributed by atoms with Crippen molar-refractivity contribution < 1.29 is 9.90 Å². The summed E-state index contributed by atoms with van der Waals surface area (Å²) in [6, 6.07) is 9.03. The van der Waals surface area contributed by atoms with Gasteiger partial charge in [-0.1, -0.05) is 18.2 Å². The first-order valence-corrected chi connectivity index (χ1v) is 8.97. The lowest BCUT2D eigenvalue weighted by atomic mass is 10.1. The average Bonchev–Trinajstić information content (AvgIpc) is 3.06. The van der Waals surface area contributed by atoms with Crippen molar-refractivity contribution in [2.75, 3.05) is 26.2 Å². The molecule has 0 radical (unpaired) electrons. The third-order valence-corrected chi connectivity index (χ3v) is 5.50. The fourth-order valence-electron chi connectivity index (χ4n) is 4.16. The van der Waals surface area contributed by atoms with Crippen molar-refractivity contribution in [3.63, 3.8) is 0 Å². The van der Waals surface area contributed by atoms with Gasteiger partial charge in [-0.2, -0.15) is 0 Å². The minimum atomic E-state index is -0.255. The van der Waals surface area contributed by atoms with Crippen LogP contribution in [0.1, 0.15) is 29.6 Å². The molecule has 0 unspecified atom stereocenters. The van der Waals surface area contributed by atoms with E-state index in [2.05, 4.69) is 9.88 Å². The number of nitrogens with one attached hydrogen (secondary N) is 1. The van der Waals surface area contributed by atoms with Crippen LogP contribution < -0.4 is 5.56 Å². The number of piperazine rings is 1. The summed E-state index contributed by atoms with van der Waals surface area (Å²) >= 11 is 0. The Labute approximate surface area is 146 Å². The van der Waals surface area contributed by atoms with Crippen LogP contribution in [0.5, 0.6) is 0 Å². The van der Waals surface area contributed by atoms with Crippen molar-refractivity contribution in [2.45, 2.75) is 31.4 Å². The zero-order valence-corrected chi connectivity index (χ0v) is 14.1. The van der Waals surface area contributed by atoms with E-state index in [-0.39, 0.29) is 23.6 Å². The van der Waals surface area contributed by atoms with Gasteiger partial charge >= 0.3 is 0 Å². The van der Waals surface area contributed by atoms with Gasteiger partial charge < -0.3 is 15.0 Å². The SMILES string of the molecule is O=C(c1cc(=O)[nH]c2ccccc12)N1CCN([C@@H]2CCC[C@H]2O)CC1. The van der Waals surface area contributed by atoms with Crippen LogP contribution in [0.3, 0.4) is 0 Å². The van der Waals surface area contributed by atoms with Crippen LogP contribution in [0.15, 0.2) is 35.1 Å². The Balaban J connectivity index is 1.52. The Morgan fingerprint density at radius 3 is 2.60 bits per heavy atom. The predicted octanol–water partition coefficient (Wildman–Crippen LogP) is 1.20. The molecule has 1 aromatic carbocycles. The van der Waals surface area contributed by atoms with Crippen LogP contribution in [-0.2, 0) is 0 Å². The second kappa shape index (κ2) is 6.61. The molecule has 2 heterocycles. The highest BCUT2D eigenvalue weighted by molar-refractivity contribution is 6.05. The van der Waals surface area contributed by atoms with Crippen LogP contribution >= 0.6 is 0 Å². The number of hydrogen-bond acceptors (Lipinski definition) is 4. The quantitative estimate of drug-likeness (QED) is 0.861. The summed E-state index contributed by atoms with van der Waals surface area (Å²) in [5.41, 5.74) is 0.898. The molecule has 6 nitrogen and oxygen atoms in total. The molecule has 1 saturated heterocycles. The van der Waals surface area contributed by atoms with E-state index in [9.17, 15) is 14.7 Å². The highest BCUT2D eigenvalue weighted by Gasteiger charge is 2.33. The topological polar surface area (TPSA) is 76.6 Å². The molecular weight excluding hydrogens is 318 g/mol. The molecule has 2 aromatic rings. The summed E-state index contributed by atoms with van der Waals surface area (Å²) in [5, 5.41) is 10.9. The Bertz CT molecular complexity index is 839. The van der Waals surface area contributed by atoms with E-state index in [1.807, 2.05) is 29.2 Å². The standard InChI is InChI=1S/C19H23N3O3/c23-17-7-3-6-16(17)21-8-10-22(11-9-21)19(25)14-12-18(24)20-15-5-2-1-4-13(14)15/h1-2,4-5,12,16-17,23H,3,6-11H2,(H,20,24)/t16-,17-/m1/s1. The Hall–Kier alpha value is -2.18. The highest BCUT2D eigenvalue weighted by Crippen LogP contribution is 2.25. The van der Waals surface area contributed by atoms with Gasteiger partial charge in [0.2, 0.25) is 5.56 Å². The number of carbonyl (C=O) groups is 1. The van der Waals surface area contributed by atoms with Crippen LogP contribution in [0.4, 0.5) is 0 Å². The van der Waals surface area contributed by atoms with E-state index >= 15 is 0 Å². The van der Waals surface area contributed by atoms with Crippen molar-refractivity contribution in [3.05, 3.63) is 46.2 Å². The third-order valence-electron chi connectivity index (χ3n) is 5.50. The van der Waals surface area contributed by atoms with Crippen LogP contribution in [-0.4, -0.2) is 64.1 Å². The van der Waals surface area contributed by atoms with Crippen molar-refractivity contribution in [1.29, 1.82) is 0 Å². The minimum absolute atomic E-state index is 0.0890. The van der Waals surface area contributed by atoms with E-state index in [4.69, 9.17) is 0 Å². The van der Waals surface area contributed by atoms with Gasteiger partial charge in [0.25, 0.3) is 5.91 Å². The maximum absolute atomic E-state index is 13.0. The molecule has 2 fully saturated rings. The molecule has 2 atom stereocenters. The maximum Gasteiger partial charge on any atom is 0.254 e. The molecule has 1 aliphatic carbocycles. The molecule has 0 spiro atoms. The normalized spacial score (nSPS) is 24.8.